The number of aromatic amines is 1. The summed E-state index contributed by atoms with van der Waals surface area (Å²) in [5.74, 6) is 1.03. The van der Waals surface area contributed by atoms with Crippen molar-refractivity contribution in [1.29, 1.82) is 0 Å². The van der Waals surface area contributed by atoms with Gasteiger partial charge in [0.1, 0.15) is 11.4 Å². The molecule has 7 heteroatoms. The van der Waals surface area contributed by atoms with Gasteiger partial charge in [-0.2, -0.15) is 5.10 Å². The lowest BCUT2D eigenvalue weighted by molar-refractivity contribution is 0.317. The lowest BCUT2D eigenvalue weighted by Crippen LogP contribution is -2.15. The smallest absolute Gasteiger partial charge is 0.274 e. The van der Waals surface area contributed by atoms with E-state index in [9.17, 15) is 4.79 Å². The van der Waals surface area contributed by atoms with Crippen LogP contribution < -0.4 is 15.7 Å². The zero-order chi connectivity index (χ0) is 15.1. The molecule has 1 aromatic heterocycles. The molecule has 0 fully saturated rings. The zero-order valence-corrected chi connectivity index (χ0v) is 12.0. The van der Waals surface area contributed by atoms with Crippen LogP contribution in [0.4, 0.5) is 5.95 Å². The van der Waals surface area contributed by atoms with Crippen LogP contribution in [0.2, 0.25) is 0 Å². The largest absolute Gasteiger partial charge is 0.494 e. The van der Waals surface area contributed by atoms with Crippen molar-refractivity contribution in [1.82, 2.24) is 15.2 Å². The van der Waals surface area contributed by atoms with Crippen LogP contribution in [0.15, 0.2) is 34.2 Å². The van der Waals surface area contributed by atoms with E-state index in [1.165, 1.54) is 0 Å². The average molecular weight is 287 g/mol. The third-order valence-electron chi connectivity index (χ3n) is 2.60. The lowest BCUT2D eigenvalue weighted by atomic mass is 10.2. The monoisotopic (exact) mass is 287 g/mol. The van der Waals surface area contributed by atoms with Crippen molar-refractivity contribution in [2.45, 2.75) is 20.3 Å². The van der Waals surface area contributed by atoms with Crippen LogP contribution in [-0.4, -0.2) is 28.0 Å². The molecule has 0 amide bonds. The van der Waals surface area contributed by atoms with Gasteiger partial charge in [-0.05, 0) is 43.2 Å². The highest BCUT2D eigenvalue weighted by Crippen LogP contribution is 2.11. The maximum atomic E-state index is 11.3. The number of nitrogens with zero attached hydrogens (tertiary/aromatic N) is 3. The molecule has 21 heavy (non-hydrogen) atoms. The Hall–Kier alpha value is -2.70. The Morgan fingerprint density at radius 3 is 2.76 bits per heavy atom. The summed E-state index contributed by atoms with van der Waals surface area (Å²) < 4.78 is 5.49. The third-order valence-corrected chi connectivity index (χ3v) is 2.60. The maximum Gasteiger partial charge on any atom is 0.274 e. The first kappa shape index (κ1) is 14.7. The fourth-order valence-electron chi connectivity index (χ4n) is 1.48. The standard InChI is InChI=1S/C14H17N5O2/c1-3-8-21-12-6-4-11(5-7-12)9-15-18-14-16-13(20)10(2)17-19-14/h4-7,9H,3,8H2,1-2H3,(H2,16,18,19,20)/b15-9-. The number of ether oxygens (including phenoxy) is 1. The van der Waals surface area contributed by atoms with Gasteiger partial charge in [-0.15, -0.1) is 10.2 Å². The van der Waals surface area contributed by atoms with E-state index in [4.69, 9.17) is 4.74 Å². The van der Waals surface area contributed by atoms with Crippen molar-refractivity contribution in [2.24, 2.45) is 5.10 Å². The molecule has 1 aromatic carbocycles. The van der Waals surface area contributed by atoms with Crippen molar-refractivity contribution in [3.05, 3.63) is 45.9 Å². The van der Waals surface area contributed by atoms with Gasteiger partial charge in [0.2, 0.25) is 5.95 Å². The van der Waals surface area contributed by atoms with Crippen molar-refractivity contribution in [3.8, 4) is 5.75 Å². The molecule has 0 aliphatic heterocycles. The minimum Gasteiger partial charge on any atom is -0.494 e. The molecule has 0 radical (unpaired) electrons. The first-order valence-corrected chi connectivity index (χ1v) is 6.64. The number of H-pyrrole nitrogens is 1. The molecule has 0 spiro atoms. The molecular formula is C14H17N5O2. The molecular weight excluding hydrogens is 270 g/mol. The Balaban J connectivity index is 1.94. The fourth-order valence-corrected chi connectivity index (χ4v) is 1.48. The lowest BCUT2D eigenvalue weighted by Gasteiger charge is -2.03. The van der Waals surface area contributed by atoms with Crippen molar-refractivity contribution in [3.63, 3.8) is 0 Å². The summed E-state index contributed by atoms with van der Waals surface area (Å²) in [6.07, 6.45) is 2.59. The molecule has 7 nitrogen and oxygen atoms in total. The molecule has 0 aliphatic rings. The van der Waals surface area contributed by atoms with Crippen LogP contribution in [-0.2, 0) is 0 Å². The summed E-state index contributed by atoms with van der Waals surface area (Å²) in [5, 5.41) is 11.5. The highest BCUT2D eigenvalue weighted by Gasteiger charge is 1.97. The number of hydrogen-bond donors (Lipinski definition) is 2. The number of nitrogens with one attached hydrogen (secondary N) is 2. The first-order chi connectivity index (χ1) is 10.2. The topological polar surface area (TPSA) is 92.3 Å². The average Bonchev–Trinajstić information content (AvgIpc) is 2.50. The van der Waals surface area contributed by atoms with Gasteiger partial charge in [0.25, 0.3) is 5.56 Å². The van der Waals surface area contributed by atoms with E-state index in [0.29, 0.717) is 12.3 Å². The molecule has 2 rings (SSSR count). The Kier molecular flexibility index (Phi) is 5.03. The first-order valence-electron chi connectivity index (χ1n) is 6.64. The van der Waals surface area contributed by atoms with Gasteiger partial charge >= 0.3 is 0 Å². The van der Waals surface area contributed by atoms with Gasteiger partial charge in [0.15, 0.2) is 0 Å². The minimum atomic E-state index is -0.292. The van der Waals surface area contributed by atoms with Crippen LogP contribution in [0.3, 0.4) is 0 Å². The molecule has 0 saturated heterocycles. The second-order valence-corrected chi connectivity index (χ2v) is 4.38. The normalized spacial score (nSPS) is 10.8. The van der Waals surface area contributed by atoms with Crippen molar-refractivity contribution < 1.29 is 4.74 Å². The molecule has 110 valence electrons. The number of hydrazone groups is 1. The van der Waals surface area contributed by atoms with Crippen molar-refractivity contribution >= 4 is 12.2 Å². The molecule has 0 aliphatic carbocycles. The van der Waals surface area contributed by atoms with E-state index in [2.05, 4.69) is 32.6 Å². The SMILES string of the molecule is CCCOc1ccc(/C=N\Nc2nnc(C)c(=O)[nH]2)cc1. The van der Waals surface area contributed by atoms with Gasteiger partial charge in [-0.25, -0.2) is 5.43 Å². The summed E-state index contributed by atoms with van der Waals surface area (Å²) in [4.78, 5) is 13.9. The van der Waals surface area contributed by atoms with E-state index < -0.39 is 0 Å². The summed E-state index contributed by atoms with van der Waals surface area (Å²) in [6.45, 7) is 4.35. The zero-order valence-electron chi connectivity index (χ0n) is 12.0. The quantitative estimate of drug-likeness (QED) is 0.623. The second kappa shape index (κ2) is 7.18. The molecule has 2 N–H and O–H groups in total. The summed E-state index contributed by atoms with van der Waals surface area (Å²) in [5.41, 5.74) is 3.54. The Morgan fingerprint density at radius 1 is 1.33 bits per heavy atom. The number of hydrogen-bond acceptors (Lipinski definition) is 6. The molecule has 0 atom stereocenters. The Labute approximate surface area is 122 Å². The summed E-state index contributed by atoms with van der Waals surface area (Å²) >= 11 is 0. The van der Waals surface area contributed by atoms with E-state index in [1.807, 2.05) is 24.3 Å². The maximum absolute atomic E-state index is 11.3. The number of rotatable bonds is 6. The second-order valence-electron chi connectivity index (χ2n) is 4.38. The minimum absolute atomic E-state index is 0.199. The van der Waals surface area contributed by atoms with E-state index in [0.717, 1.165) is 17.7 Å². The summed E-state index contributed by atoms with van der Waals surface area (Å²) in [6, 6.07) is 7.54. The van der Waals surface area contributed by atoms with E-state index >= 15 is 0 Å². The van der Waals surface area contributed by atoms with E-state index in [-0.39, 0.29) is 11.5 Å². The van der Waals surface area contributed by atoms with Gasteiger partial charge in [0, 0.05) is 0 Å². The molecule has 0 saturated carbocycles. The van der Waals surface area contributed by atoms with Gasteiger partial charge in [-0.1, -0.05) is 6.92 Å². The van der Waals surface area contributed by atoms with Gasteiger partial charge in [-0.3, -0.25) is 9.78 Å². The van der Waals surface area contributed by atoms with Crippen LogP contribution in [0.1, 0.15) is 24.6 Å². The summed E-state index contributed by atoms with van der Waals surface area (Å²) in [7, 11) is 0. The number of benzene rings is 1. The van der Waals surface area contributed by atoms with Crippen molar-refractivity contribution in [2.75, 3.05) is 12.0 Å². The van der Waals surface area contributed by atoms with Crippen LogP contribution in [0.5, 0.6) is 5.75 Å². The highest BCUT2D eigenvalue weighted by molar-refractivity contribution is 5.80. The van der Waals surface area contributed by atoms with Gasteiger partial charge in [0.05, 0.1) is 12.8 Å². The molecule has 0 bridgehead atoms. The molecule has 0 unspecified atom stereocenters. The molecule has 1 heterocycles. The Bertz CT molecular complexity index is 664. The van der Waals surface area contributed by atoms with Crippen LogP contribution in [0.25, 0.3) is 0 Å². The third kappa shape index (κ3) is 4.41. The fraction of sp³-hybridized carbons (Fsp3) is 0.286. The molecule has 2 aromatic rings. The van der Waals surface area contributed by atoms with Crippen LogP contribution >= 0.6 is 0 Å². The Morgan fingerprint density at radius 2 is 2.10 bits per heavy atom. The van der Waals surface area contributed by atoms with Gasteiger partial charge < -0.3 is 4.74 Å². The highest BCUT2D eigenvalue weighted by atomic mass is 16.5. The van der Waals surface area contributed by atoms with Crippen LogP contribution in [0, 0.1) is 6.92 Å². The predicted octanol–water partition coefficient (Wildman–Crippen LogP) is 1.71. The number of aromatic nitrogens is 3. The number of anilines is 1. The predicted molar refractivity (Wildman–Crippen MR) is 80.8 cm³/mol. The van der Waals surface area contributed by atoms with E-state index in [1.54, 1.807) is 13.1 Å². The number of aryl methyl sites for hydroxylation is 1.